The fourth-order valence-corrected chi connectivity index (χ4v) is 2.81. The molecule has 0 spiro atoms. The second-order valence-corrected chi connectivity index (χ2v) is 6.17. The first-order valence-electron chi connectivity index (χ1n) is 7.40. The Kier molecular flexibility index (Phi) is 4.91. The van der Waals surface area contributed by atoms with Gasteiger partial charge in [0.2, 0.25) is 5.91 Å². The van der Waals surface area contributed by atoms with Crippen molar-refractivity contribution < 1.29 is 9.90 Å². The van der Waals surface area contributed by atoms with Crippen molar-refractivity contribution in [2.75, 3.05) is 0 Å². The number of carbonyl (C=O) groups is 1. The molecule has 0 aliphatic heterocycles. The maximum absolute atomic E-state index is 12.1. The van der Waals surface area contributed by atoms with Crippen LogP contribution in [0.1, 0.15) is 11.1 Å². The number of nitrogens with zero attached hydrogens (tertiary/aromatic N) is 1. The van der Waals surface area contributed by atoms with E-state index in [0.29, 0.717) is 5.56 Å². The molecule has 0 unspecified atom stereocenters. The van der Waals surface area contributed by atoms with E-state index in [2.05, 4.69) is 26.5 Å². The molecular weight excluding hydrogens is 368 g/mol. The SMILES string of the molecule is O=C(Cc1cccc2ccccc12)NN=Cc1cc(O)ccc1Br. The first-order chi connectivity index (χ1) is 11.6. The van der Waals surface area contributed by atoms with Gasteiger partial charge in [0.1, 0.15) is 5.75 Å². The van der Waals surface area contributed by atoms with Gasteiger partial charge < -0.3 is 5.11 Å². The van der Waals surface area contributed by atoms with Crippen molar-refractivity contribution in [3.05, 3.63) is 76.3 Å². The topological polar surface area (TPSA) is 61.7 Å². The monoisotopic (exact) mass is 382 g/mol. The van der Waals surface area contributed by atoms with Crippen molar-refractivity contribution in [2.45, 2.75) is 6.42 Å². The highest BCUT2D eigenvalue weighted by atomic mass is 79.9. The van der Waals surface area contributed by atoms with E-state index in [-0.39, 0.29) is 18.1 Å². The number of rotatable bonds is 4. The minimum absolute atomic E-state index is 0.140. The molecule has 0 atom stereocenters. The maximum Gasteiger partial charge on any atom is 0.244 e. The zero-order chi connectivity index (χ0) is 16.9. The fourth-order valence-electron chi connectivity index (χ4n) is 2.46. The second kappa shape index (κ2) is 7.27. The zero-order valence-electron chi connectivity index (χ0n) is 12.7. The summed E-state index contributed by atoms with van der Waals surface area (Å²) in [6.07, 6.45) is 1.74. The number of fused-ring (bicyclic) bond motifs is 1. The minimum Gasteiger partial charge on any atom is -0.508 e. The largest absolute Gasteiger partial charge is 0.508 e. The van der Waals surface area contributed by atoms with Crippen LogP contribution < -0.4 is 5.43 Å². The molecule has 0 radical (unpaired) electrons. The van der Waals surface area contributed by atoms with Crippen molar-refractivity contribution >= 4 is 38.8 Å². The third kappa shape index (κ3) is 3.81. The fraction of sp³-hybridized carbons (Fsp3) is 0.0526. The summed E-state index contributed by atoms with van der Waals surface area (Å²) in [4.78, 5) is 12.1. The minimum atomic E-state index is -0.195. The Hall–Kier alpha value is -2.66. The first kappa shape index (κ1) is 16.2. The number of phenolic OH excluding ortho intramolecular Hbond substituents is 1. The molecule has 0 aliphatic rings. The van der Waals surface area contributed by atoms with Crippen molar-refractivity contribution in [3.8, 4) is 5.75 Å². The van der Waals surface area contributed by atoms with Gasteiger partial charge in [-0.3, -0.25) is 4.79 Å². The molecule has 0 bridgehead atoms. The Labute approximate surface area is 148 Å². The Morgan fingerprint density at radius 1 is 1.12 bits per heavy atom. The van der Waals surface area contributed by atoms with Crippen molar-refractivity contribution in [3.63, 3.8) is 0 Å². The second-order valence-electron chi connectivity index (χ2n) is 5.31. The van der Waals surface area contributed by atoms with E-state index in [4.69, 9.17) is 0 Å². The Morgan fingerprint density at radius 2 is 1.92 bits per heavy atom. The number of halogens is 1. The normalized spacial score (nSPS) is 11.0. The number of phenols is 1. The summed E-state index contributed by atoms with van der Waals surface area (Å²) >= 11 is 3.36. The highest BCUT2D eigenvalue weighted by Crippen LogP contribution is 2.20. The number of benzene rings is 3. The van der Waals surface area contributed by atoms with E-state index in [1.54, 1.807) is 18.2 Å². The number of aromatic hydroxyl groups is 1. The van der Waals surface area contributed by atoms with Crippen LogP contribution in [0.3, 0.4) is 0 Å². The van der Waals surface area contributed by atoms with E-state index in [1.165, 1.54) is 6.21 Å². The van der Waals surface area contributed by atoms with Gasteiger partial charge in [-0.25, -0.2) is 5.43 Å². The summed E-state index contributed by atoms with van der Waals surface area (Å²) in [6.45, 7) is 0. The lowest BCUT2D eigenvalue weighted by atomic mass is 10.0. The molecule has 3 aromatic rings. The van der Waals surface area contributed by atoms with Gasteiger partial charge in [-0.2, -0.15) is 5.10 Å². The van der Waals surface area contributed by atoms with E-state index < -0.39 is 0 Å². The molecule has 4 nitrogen and oxygen atoms in total. The molecule has 3 rings (SSSR count). The number of hydrazone groups is 1. The molecule has 0 aliphatic carbocycles. The molecule has 1 amide bonds. The molecule has 0 heterocycles. The first-order valence-corrected chi connectivity index (χ1v) is 8.20. The Morgan fingerprint density at radius 3 is 2.79 bits per heavy atom. The summed E-state index contributed by atoms with van der Waals surface area (Å²) in [5, 5.41) is 15.6. The lowest BCUT2D eigenvalue weighted by molar-refractivity contribution is -0.120. The van der Waals surface area contributed by atoms with Gasteiger partial charge in [0.15, 0.2) is 0 Å². The summed E-state index contributed by atoms with van der Waals surface area (Å²) in [6, 6.07) is 18.7. The molecule has 0 saturated heterocycles. The van der Waals surface area contributed by atoms with Crippen LogP contribution in [0.5, 0.6) is 5.75 Å². The summed E-state index contributed by atoms with van der Waals surface area (Å²) in [5.74, 6) is -0.0550. The molecule has 0 aromatic heterocycles. The van der Waals surface area contributed by atoms with Crippen LogP contribution in [0.15, 0.2) is 70.2 Å². The summed E-state index contributed by atoms with van der Waals surface area (Å²) < 4.78 is 0.785. The molecule has 5 heteroatoms. The molecule has 3 aromatic carbocycles. The molecule has 0 fully saturated rings. The molecule has 120 valence electrons. The number of hydrogen-bond acceptors (Lipinski definition) is 3. The molecule has 0 saturated carbocycles. The average molecular weight is 383 g/mol. The van der Waals surface area contributed by atoms with Crippen LogP contribution >= 0.6 is 15.9 Å². The van der Waals surface area contributed by atoms with Crippen LogP contribution in [0.2, 0.25) is 0 Å². The van der Waals surface area contributed by atoms with Crippen LogP contribution in [0.4, 0.5) is 0 Å². The standard InChI is InChI=1S/C19H15BrN2O2/c20-18-9-8-16(23)10-15(18)12-21-22-19(24)11-14-6-3-5-13-4-1-2-7-17(13)14/h1-10,12,23H,11H2,(H,22,24). The van der Waals surface area contributed by atoms with E-state index >= 15 is 0 Å². The summed E-state index contributed by atoms with van der Waals surface area (Å²) in [7, 11) is 0. The maximum atomic E-state index is 12.1. The number of amides is 1. The van der Waals surface area contributed by atoms with Crippen molar-refractivity contribution in [1.29, 1.82) is 0 Å². The number of nitrogens with one attached hydrogen (secondary N) is 1. The van der Waals surface area contributed by atoms with Gasteiger partial charge in [0, 0.05) is 10.0 Å². The van der Waals surface area contributed by atoms with Gasteiger partial charge in [-0.1, -0.05) is 58.4 Å². The smallest absolute Gasteiger partial charge is 0.244 e. The van der Waals surface area contributed by atoms with Crippen LogP contribution in [0, 0.1) is 0 Å². The summed E-state index contributed by atoms with van der Waals surface area (Å²) in [5.41, 5.74) is 4.16. The molecule has 24 heavy (non-hydrogen) atoms. The quantitative estimate of drug-likeness (QED) is 0.529. The van der Waals surface area contributed by atoms with Gasteiger partial charge >= 0.3 is 0 Å². The highest BCUT2D eigenvalue weighted by Gasteiger charge is 2.06. The lowest BCUT2D eigenvalue weighted by Crippen LogP contribution is -2.19. The van der Waals surface area contributed by atoms with E-state index in [9.17, 15) is 9.90 Å². The van der Waals surface area contributed by atoms with Gasteiger partial charge in [0.05, 0.1) is 12.6 Å². The van der Waals surface area contributed by atoms with Crippen LogP contribution in [-0.2, 0) is 11.2 Å². The van der Waals surface area contributed by atoms with E-state index in [0.717, 1.165) is 20.8 Å². The number of carbonyl (C=O) groups excluding carboxylic acids is 1. The van der Waals surface area contributed by atoms with Crippen LogP contribution in [0.25, 0.3) is 10.8 Å². The van der Waals surface area contributed by atoms with Crippen LogP contribution in [-0.4, -0.2) is 17.2 Å². The van der Waals surface area contributed by atoms with Crippen molar-refractivity contribution in [2.24, 2.45) is 5.10 Å². The predicted molar refractivity (Wildman–Crippen MR) is 99.2 cm³/mol. The zero-order valence-corrected chi connectivity index (χ0v) is 14.3. The van der Waals surface area contributed by atoms with Gasteiger partial charge in [-0.05, 0) is 34.5 Å². The molecular formula is C19H15BrN2O2. The van der Waals surface area contributed by atoms with Gasteiger partial charge in [0.25, 0.3) is 0 Å². The lowest BCUT2D eigenvalue weighted by Gasteiger charge is -2.05. The highest BCUT2D eigenvalue weighted by molar-refractivity contribution is 9.10. The molecule has 2 N–H and O–H groups in total. The Bertz CT molecular complexity index is 917. The third-order valence-electron chi connectivity index (χ3n) is 3.60. The third-order valence-corrected chi connectivity index (χ3v) is 4.33. The van der Waals surface area contributed by atoms with E-state index in [1.807, 2.05) is 42.5 Å². The Balaban J connectivity index is 1.69. The predicted octanol–water partition coefficient (Wildman–Crippen LogP) is 4.00. The average Bonchev–Trinajstić information content (AvgIpc) is 2.58. The van der Waals surface area contributed by atoms with Gasteiger partial charge in [-0.15, -0.1) is 0 Å². The number of hydrogen-bond donors (Lipinski definition) is 2. The van der Waals surface area contributed by atoms with Crippen molar-refractivity contribution in [1.82, 2.24) is 5.43 Å².